The molecule has 1 aliphatic rings. The van der Waals surface area contributed by atoms with Crippen molar-refractivity contribution >= 4 is 34.2 Å². The largest absolute Gasteiger partial charge is 0.320 e. The van der Waals surface area contributed by atoms with Crippen molar-refractivity contribution in [3.05, 3.63) is 70.4 Å². The van der Waals surface area contributed by atoms with Gasteiger partial charge in [0.25, 0.3) is 5.69 Å². The van der Waals surface area contributed by atoms with Gasteiger partial charge < -0.3 is 4.89 Å². The lowest BCUT2D eigenvalue weighted by atomic mass is 10.2. The first-order valence-electron chi connectivity index (χ1n) is 8.73. The van der Waals surface area contributed by atoms with Gasteiger partial charge in [-0.1, -0.05) is 11.1 Å². The summed E-state index contributed by atoms with van der Waals surface area (Å²) in [5.41, 5.74) is 4.55. The highest BCUT2D eigenvalue weighted by molar-refractivity contribution is 6.43. The van der Waals surface area contributed by atoms with Gasteiger partial charge in [0, 0.05) is 18.6 Å². The van der Waals surface area contributed by atoms with Gasteiger partial charge in [-0.2, -0.15) is 5.90 Å². The number of aliphatic imine (C=N–C) groups is 3. The zero-order valence-corrected chi connectivity index (χ0v) is 15.9. The van der Waals surface area contributed by atoms with E-state index in [2.05, 4.69) is 20.0 Å². The topological polar surface area (TPSA) is 125 Å². The number of nitrogens with two attached hydrogens (primary N) is 1. The van der Waals surface area contributed by atoms with Gasteiger partial charge in [0.2, 0.25) is 0 Å². The molecule has 1 heterocycles. The van der Waals surface area contributed by atoms with Gasteiger partial charge >= 0.3 is 0 Å². The standard InChI is InChI=1S/C20H19N5O4/c1-13(22-15-3-7-17(8-4-15)25(26)27)19-11-12-20(24-19)14(2)23-16-5-9-18(10-6-16)28-29-21/h3-10,12H,11,21H2,1-2H3. The molecule has 0 unspecified atom stereocenters. The number of allylic oxidation sites excluding steroid dienone is 2. The second-order valence-corrected chi connectivity index (χ2v) is 6.19. The average Bonchev–Trinajstić information content (AvgIpc) is 3.21. The van der Waals surface area contributed by atoms with Crippen molar-refractivity contribution in [1.82, 2.24) is 0 Å². The molecular formula is C20H19N5O4. The van der Waals surface area contributed by atoms with Crippen molar-refractivity contribution in [3.8, 4) is 5.75 Å². The third-order valence-corrected chi connectivity index (χ3v) is 4.17. The van der Waals surface area contributed by atoms with E-state index in [-0.39, 0.29) is 5.69 Å². The number of rotatable bonds is 7. The number of hydrogen-bond donors (Lipinski definition) is 1. The highest BCUT2D eigenvalue weighted by Crippen LogP contribution is 2.22. The molecule has 0 radical (unpaired) electrons. The molecule has 3 rings (SSSR count). The van der Waals surface area contributed by atoms with E-state index in [4.69, 9.17) is 10.8 Å². The van der Waals surface area contributed by atoms with Gasteiger partial charge in [0.15, 0.2) is 5.75 Å². The molecule has 2 aromatic carbocycles. The summed E-state index contributed by atoms with van der Waals surface area (Å²) in [5.74, 6) is 5.33. The predicted molar refractivity (Wildman–Crippen MR) is 111 cm³/mol. The molecule has 0 aliphatic carbocycles. The number of nitro benzene ring substituents is 1. The molecule has 9 heteroatoms. The summed E-state index contributed by atoms with van der Waals surface area (Å²) in [4.78, 5) is 32.8. The van der Waals surface area contributed by atoms with Gasteiger partial charge in [0.1, 0.15) is 0 Å². The van der Waals surface area contributed by atoms with Crippen LogP contribution in [-0.4, -0.2) is 22.1 Å². The van der Waals surface area contributed by atoms with Crippen LogP contribution in [0.25, 0.3) is 0 Å². The predicted octanol–water partition coefficient (Wildman–Crippen LogP) is 4.39. The van der Waals surface area contributed by atoms with Gasteiger partial charge in [-0.25, -0.2) is 4.99 Å². The molecule has 0 amide bonds. The monoisotopic (exact) mass is 393 g/mol. The van der Waals surface area contributed by atoms with Crippen molar-refractivity contribution in [1.29, 1.82) is 0 Å². The van der Waals surface area contributed by atoms with E-state index in [1.165, 1.54) is 12.1 Å². The minimum atomic E-state index is -0.438. The maximum absolute atomic E-state index is 10.7. The lowest BCUT2D eigenvalue weighted by Crippen LogP contribution is -2.06. The Morgan fingerprint density at radius 3 is 2.21 bits per heavy atom. The fourth-order valence-electron chi connectivity index (χ4n) is 2.68. The van der Waals surface area contributed by atoms with E-state index < -0.39 is 4.92 Å². The third kappa shape index (κ3) is 5.18. The molecule has 0 bridgehead atoms. The fourth-order valence-corrected chi connectivity index (χ4v) is 2.68. The third-order valence-electron chi connectivity index (χ3n) is 4.17. The minimum Gasteiger partial charge on any atom is -0.320 e. The lowest BCUT2D eigenvalue weighted by Gasteiger charge is -2.02. The summed E-state index contributed by atoms with van der Waals surface area (Å²) < 4.78 is 0. The second-order valence-electron chi connectivity index (χ2n) is 6.19. The Labute approximate surface area is 167 Å². The maximum atomic E-state index is 10.7. The number of benzene rings is 2. The fraction of sp³-hybridized carbons (Fsp3) is 0.150. The zero-order valence-electron chi connectivity index (χ0n) is 15.9. The lowest BCUT2D eigenvalue weighted by molar-refractivity contribution is -0.384. The van der Waals surface area contributed by atoms with Crippen molar-refractivity contribution in [2.24, 2.45) is 20.9 Å². The van der Waals surface area contributed by atoms with Crippen LogP contribution in [0.5, 0.6) is 5.75 Å². The van der Waals surface area contributed by atoms with E-state index in [0.717, 1.165) is 28.5 Å². The normalized spacial score (nSPS) is 14.4. The molecule has 0 fully saturated rings. The van der Waals surface area contributed by atoms with Crippen LogP contribution in [0.15, 0.2) is 75.3 Å². The van der Waals surface area contributed by atoms with Crippen LogP contribution in [0.2, 0.25) is 0 Å². The molecule has 0 saturated heterocycles. The summed E-state index contributed by atoms with van der Waals surface area (Å²) in [6, 6.07) is 13.0. The summed E-state index contributed by atoms with van der Waals surface area (Å²) in [6.07, 6.45) is 2.63. The first-order chi connectivity index (χ1) is 14.0. The summed E-state index contributed by atoms with van der Waals surface area (Å²) in [6.45, 7) is 3.75. The van der Waals surface area contributed by atoms with Gasteiger partial charge in [0.05, 0.1) is 39.1 Å². The molecular weight excluding hydrogens is 374 g/mol. The molecule has 0 saturated carbocycles. The number of hydrogen-bond acceptors (Lipinski definition) is 8. The van der Waals surface area contributed by atoms with Crippen molar-refractivity contribution in [3.63, 3.8) is 0 Å². The highest BCUT2D eigenvalue weighted by atomic mass is 17.3. The zero-order chi connectivity index (χ0) is 20.8. The highest BCUT2D eigenvalue weighted by Gasteiger charge is 2.14. The van der Waals surface area contributed by atoms with Gasteiger partial charge in [-0.15, -0.1) is 0 Å². The number of nitro groups is 1. The molecule has 0 aromatic heterocycles. The smallest absolute Gasteiger partial charge is 0.269 e. The summed E-state index contributed by atoms with van der Waals surface area (Å²) >= 11 is 0. The van der Waals surface area contributed by atoms with Crippen LogP contribution in [0.4, 0.5) is 17.1 Å². The van der Waals surface area contributed by atoms with Gasteiger partial charge in [-0.3, -0.25) is 20.1 Å². The van der Waals surface area contributed by atoms with E-state index in [1.807, 2.05) is 19.9 Å². The van der Waals surface area contributed by atoms with E-state index in [9.17, 15) is 10.1 Å². The van der Waals surface area contributed by atoms with Crippen molar-refractivity contribution in [2.45, 2.75) is 20.3 Å². The average molecular weight is 393 g/mol. The molecule has 148 valence electrons. The van der Waals surface area contributed by atoms with Crippen LogP contribution < -0.4 is 10.8 Å². The quantitative estimate of drug-likeness (QED) is 0.323. The van der Waals surface area contributed by atoms with Crippen LogP contribution in [0.1, 0.15) is 20.3 Å². The van der Waals surface area contributed by atoms with Crippen LogP contribution in [0, 0.1) is 10.1 Å². The first-order valence-corrected chi connectivity index (χ1v) is 8.73. The summed E-state index contributed by atoms with van der Waals surface area (Å²) in [7, 11) is 0. The Morgan fingerprint density at radius 2 is 1.62 bits per heavy atom. The van der Waals surface area contributed by atoms with Crippen LogP contribution in [0.3, 0.4) is 0 Å². The SMILES string of the molecule is CC(=Nc1ccc(OON)cc1)C1=CCC(C(C)=Nc2ccc([N+](=O)[O-])cc2)=N1. The van der Waals surface area contributed by atoms with E-state index in [0.29, 0.717) is 17.9 Å². The maximum Gasteiger partial charge on any atom is 0.269 e. The summed E-state index contributed by atoms with van der Waals surface area (Å²) in [5, 5.41) is 10.7. The number of non-ortho nitro benzene ring substituents is 1. The Kier molecular flexibility index (Phi) is 6.22. The van der Waals surface area contributed by atoms with Crippen molar-refractivity contribution in [2.75, 3.05) is 0 Å². The Morgan fingerprint density at radius 1 is 1.03 bits per heavy atom. The van der Waals surface area contributed by atoms with E-state index in [1.54, 1.807) is 36.4 Å². The Bertz CT molecular complexity index is 1020. The molecule has 0 atom stereocenters. The minimum absolute atomic E-state index is 0.0331. The molecule has 0 spiro atoms. The van der Waals surface area contributed by atoms with Crippen LogP contribution in [-0.2, 0) is 4.99 Å². The van der Waals surface area contributed by atoms with Gasteiger partial charge in [-0.05, 0) is 50.2 Å². The van der Waals surface area contributed by atoms with Crippen molar-refractivity contribution < 1.29 is 14.8 Å². The Hall–Kier alpha value is -3.69. The number of nitrogens with zero attached hydrogens (tertiary/aromatic N) is 4. The molecule has 29 heavy (non-hydrogen) atoms. The van der Waals surface area contributed by atoms with Crippen LogP contribution >= 0.6 is 0 Å². The Balaban J connectivity index is 1.71. The molecule has 2 aromatic rings. The van der Waals surface area contributed by atoms with E-state index >= 15 is 0 Å². The molecule has 9 nitrogen and oxygen atoms in total. The molecule has 1 aliphatic heterocycles. The molecule has 2 N–H and O–H groups in total. The first kappa shape index (κ1) is 20.1. The second kappa shape index (κ2) is 9.00.